The van der Waals surface area contributed by atoms with Gasteiger partial charge < -0.3 is 10.6 Å². The van der Waals surface area contributed by atoms with Gasteiger partial charge in [-0.05, 0) is 19.3 Å². The minimum Gasteiger partial charge on any atom is -0.302 e. The van der Waals surface area contributed by atoms with Gasteiger partial charge >= 0.3 is 0 Å². The molecule has 1 heterocycles. The molecule has 9 heavy (non-hydrogen) atoms. The summed E-state index contributed by atoms with van der Waals surface area (Å²) in [7, 11) is 0. The first-order chi connectivity index (χ1) is 4.45. The van der Waals surface area contributed by atoms with Gasteiger partial charge in [-0.3, -0.25) is 0 Å². The molecule has 0 unspecified atom stereocenters. The highest BCUT2D eigenvalue weighted by Gasteiger charge is 2.24. The summed E-state index contributed by atoms with van der Waals surface area (Å²) >= 11 is 0. The first-order valence-electron chi connectivity index (χ1n) is 3.92. The Morgan fingerprint density at radius 3 is 2.22 bits per heavy atom. The molecular weight excluding hydrogens is 112 g/mol. The van der Waals surface area contributed by atoms with Gasteiger partial charge in [0.2, 0.25) is 0 Å². The van der Waals surface area contributed by atoms with Crippen LogP contribution in [0.5, 0.6) is 0 Å². The first kappa shape index (κ1) is 5.69. The maximum Gasteiger partial charge on any atom is 0.0458 e. The van der Waals surface area contributed by atoms with Gasteiger partial charge in [0, 0.05) is 18.8 Å². The highest BCUT2D eigenvalue weighted by atomic mass is 15.1. The smallest absolute Gasteiger partial charge is 0.0458 e. The van der Waals surface area contributed by atoms with Crippen molar-refractivity contribution in [1.82, 2.24) is 10.6 Å². The second kappa shape index (κ2) is 2.27. The number of hydrogen-bond donors (Lipinski definition) is 2. The fourth-order valence-corrected chi connectivity index (χ4v) is 1.91. The third kappa shape index (κ3) is 1.10. The van der Waals surface area contributed by atoms with Crippen molar-refractivity contribution in [3.05, 3.63) is 0 Å². The molecular formula is C7H14N2. The Kier molecular flexibility index (Phi) is 1.44. The molecule has 2 fully saturated rings. The molecule has 0 aromatic carbocycles. The van der Waals surface area contributed by atoms with Crippen molar-refractivity contribution in [3.8, 4) is 0 Å². The zero-order valence-electron chi connectivity index (χ0n) is 5.69. The van der Waals surface area contributed by atoms with Crippen molar-refractivity contribution in [3.63, 3.8) is 0 Å². The van der Waals surface area contributed by atoms with Crippen LogP contribution in [-0.2, 0) is 0 Å². The topological polar surface area (TPSA) is 24.1 Å². The minimum atomic E-state index is 0.838. The molecule has 0 aromatic heterocycles. The molecule has 2 heteroatoms. The lowest BCUT2D eigenvalue weighted by atomic mass is 9.90. The van der Waals surface area contributed by atoms with E-state index in [1.54, 1.807) is 0 Å². The van der Waals surface area contributed by atoms with Gasteiger partial charge in [-0.25, -0.2) is 0 Å². The molecule has 2 nitrogen and oxygen atoms in total. The monoisotopic (exact) mass is 126 g/mol. The summed E-state index contributed by atoms with van der Waals surface area (Å²) in [5.74, 6) is 0. The zero-order valence-corrected chi connectivity index (χ0v) is 5.69. The fourth-order valence-electron chi connectivity index (χ4n) is 1.91. The molecule has 0 radical (unpaired) electrons. The largest absolute Gasteiger partial charge is 0.302 e. The van der Waals surface area contributed by atoms with Gasteiger partial charge in [-0.2, -0.15) is 0 Å². The van der Waals surface area contributed by atoms with Crippen molar-refractivity contribution < 1.29 is 0 Å². The summed E-state index contributed by atoms with van der Waals surface area (Å²) in [6.07, 6.45) is 5.58. The molecule has 0 aromatic rings. The Morgan fingerprint density at radius 2 is 1.67 bits per heavy atom. The lowest BCUT2D eigenvalue weighted by molar-refractivity contribution is 0.242. The summed E-state index contributed by atoms with van der Waals surface area (Å²) in [6.45, 7) is 1.04. The van der Waals surface area contributed by atoms with Crippen LogP contribution in [0.15, 0.2) is 0 Å². The second-order valence-corrected chi connectivity index (χ2v) is 3.15. The molecule has 2 aliphatic rings. The van der Waals surface area contributed by atoms with Crippen LogP contribution in [0.1, 0.15) is 25.7 Å². The van der Waals surface area contributed by atoms with Gasteiger partial charge in [-0.15, -0.1) is 0 Å². The van der Waals surface area contributed by atoms with Crippen LogP contribution in [0.3, 0.4) is 0 Å². The highest BCUT2D eigenvalue weighted by Crippen LogP contribution is 2.20. The van der Waals surface area contributed by atoms with E-state index in [-0.39, 0.29) is 0 Å². The van der Waals surface area contributed by atoms with Gasteiger partial charge in [0.05, 0.1) is 0 Å². The predicted molar refractivity (Wildman–Crippen MR) is 37.2 cm³/mol. The molecule has 0 amide bonds. The molecule has 1 saturated heterocycles. The number of rotatable bonds is 0. The summed E-state index contributed by atoms with van der Waals surface area (Å²) in [5.41, 5.74) is 0. The first-order valence-corrected chi connectivity index (χ1v) is 3.92. The molecule has 52 valence electrons. The third-order valence-corrected chi connectivity index (χ3v) is 2.46. The van der Waals surface area contributed by atoms with E-state index in [0.717, 1.165) is 18.8 Å². The lowest BCUT2D eigenvalue weighted by Gasteiger charge is -2.35. The third-order valence-electron chi connectivity index (χ3n) is 2.46. The zero-order chi connectivity index (χ0) is 6.10. The summed E-state index contributed by atoms with van der Waals surface area (Å²) < 4.78 is 0. The van der Waals surface area contributed by atoms with E-state index in [2.05, 4.69) is 10.6 Å². The number of nitrogens with one attached hydrogen (secondary N) is 2. The molecule has 2 bridgehead atoms. The lowest BCUT2D eigenvalue weighted by Crippen LogP contribution is -2.52. The fraction of sp³-hybridized carbons (Fsp3) is 1.00. The maximum atomic E-state index is 3.44. The van der Waals surface area contributed by atoms with Crippen molar-refractivity contribution >= 4 is 0 Å². The van der Waals surface area contributed by atoms with Crippen LogP contribution >= 0.6 is 0 Å². The summed E-state index contributed by atoms with van der Waals surface area (Å²) in [6, 6.07) is 1.68. The van der Waals surface area contributed by atoms with Crippen LogP contribution in [0, 0.1) is 0 Å². The normalized spacial score (nSPS) is 42.7. The Hall–Kier alpha value is -0.0800. The van der Waals surface area contributed by atoms with Crippen LogP contribution in [0.4, 0.5) is 0 Å². The predicted octanol–water partition coefficient (Wildman–Crippen LogP) is 0.448. The van der Waals surface area contributed by atoms with Gasteiger partial charge in [0.15, 0.2) is 0 Å². The molecule has 1 aliphatic carbocycles. The average molecular weight is 126 g/mol. The van der Waals surface area contributed by atoms with Crippen molar-refractivity contribution in [2.24, 2.45) is 0 Å². The Labute approximate surface area is 56.0 Å². The molecule has 1 aliphatic heterocycles. The van der Waals surface area contributed by atoms with Gasteiger partial charge in [0.1, 0.15) is 0 Å². The van der Waals surface area contributed by atoms with Crippen LogP contribution in [-0.4, -0.2) is 18.8 Å². The minimum absolute atomic E-state index is 0.838. The molecule has 1 saturated carbocycles. The molecule has 2 rings (SSSR count). The van der Waals surface area contributed by atoms with E-state index < -0.39 is 0 Å². The number of fused-ring (bicyclic) bond motifs is 2. The van der Waals surface area contributed by atoms with Gasteiger partial charge in [-0.1, -0.05) is 6.42 Å². The van der Waals surface area contributed by atoms with E-state index in [0.29, 0.717) is 0 Å². The Bertz CT molecular complexity index is 83.1. The Morgan fingerprint density at radius 1 is 1.00 bits per heavy atom. The molecule has 2 atom stereocenters. The molecule has 2 N–H and O–H groups in total. The summed E-state index contributed by atoms with van der Waals surface area (Å²) in [5, 5.41) is 6.88. The Balaban J connectivity index is 1.96. The molecule has 0 spiro atoms. The van der Waals surface area contributed by atoms with E-state index in [4.69, 9.17) is 0 Å². The van der Waals surface area contributed by atoms with E-state index in [9.17, 15) is 0 Å². The van der Waals surface area contributed by atoms with Crippen LogP contribution < -0.4 is 10.6 Å². The standard InChI is InChI=1S/C7H14N2/c1-2-6-4-7(3-1)9-5-8-6/h6-9H,1-5H2/t6-,7+. The SMILES string of the molecule is C1C[C@@H]2C[C@H](C1)NCN2. The van der Waals surface area contributed by atoms with E-state index in [1.807, 2.05) is 0 Å². The van der Waals surface area contributed by atoms with E-state index >= 15 is 0 Å². The van der Waals surface area contributed by atoms with Crippen molar-refractivity contribution in [1.29, 1.82) is 0 Å². The maximum absolute atomic E-state index is 3.44. The second-order valence-electron chi connectivity index (χ2n) is 3.15. The van der Waals surface area contributed by atoms with E-state index in [1.165, 1.54) is 25.7 Å². The van der Waals surface area contributed by atoms with Gasteiger partial charge in [0.25, 0.3) is 0 Å². The number of hydrogen-bond acceptors (Lipinski definition) is 2. The van der Waals surface area contributed by atoms with Crippen LogP contribution in [0.2, 0.25) is 0 Å². The quantitative estimate of drug-likeness (QED) is 0.492. The van der Waals surface area contributed by atoms with Crippen molar-refractivity contribution in [2.45, 2.75) is 37.8 Å². The average Bonchev–Trinajstić information content (AvgIpc) is 1.88. The summed E-state index contributed by atoms with van der Waals surface area (Å²) in [4.78, 5) is 0. The van der Waals surface area contributed by atoms with Crippen LogP contribution in [0.25, 0.3) is 0 Å². The van der Waals surface area contributed by atoms with Crippen molar-refractivity contribution in [2.75, 3.05) is 6.67 Å². The highest BCUT2D eigenvalue weighted by molar-refractivity contribution is 4.85.